The predicted octanol–water partition coefficient (Wildman–Crippen LogP) is 3.47. The van der Waals surface area contributed by atoms with Gasteiger partial charge in [-0.2, -0.15) is 0 Å². The molecule has 2 N–H and O–H groups in total. The first-order valence-corrected chi connectivity index (χ1v) is 7.16. The minimum atomic E-state index is 0.508. The van der Waals surface area contributed by atoms with E-state index in [4.69, 9.17) is 29.0 Å². The van der Waals surface area contributed by atoms with E-state index < -0.39 is 0 Å². The highest BCUT2D eigenvalue weighted by Crippen LogP contribution is 2.30. The fourth-order valence-corrected chi connectivity index (χ4v) is 2.63. The Morgan fingerprint density at radius 2 is 2.11 bits per heavy atom. The third kappa shape index (κ3) is 2.74. The maximum absolute atomic E-state index is 6.12. The minimum absolute atomic E-state index is 0.508. The maximum Gasteiger partial charge on any atom is 0.210 e. The summed E-state index contributed by atoms with van der Waals surface area (Å²) < 4.78 is 1.45. The molecule has 4 nitrogen and oxygen atoms in total. The van der Waals surface area contributed by atoms with Crippen LogP contribution in [-0.2, 0) is 0 Å². The third-order valence-electron chi connectivity index (χ3n) is 2.27. The summed E-state index contributed by atoms with van der Waals surface area (Å²) in [6, 6.07) is 5.19. The summed E-state index contributed by atoms with van der Waals surface area (Å²) in [4.78, 5) is 0. The van der Waals surface area contributed by atoms with E-state index in [0.717, 1.165) is 17.7 Å². The Morgan fingerprint density at radius 1 is 1.33 bits per heavy atom. The molecule has 0 aliphatic rings. The van der Waals surface area contributed by atoms with Gasteiger partial charge in [0.1, 0.15) is 0 Å². The van der Waals surface area contributed by atoms with Gasteiger partial charge in [-0.15, -0.1) is 10.2 Å². The van der Waals surface area contributed by atoms with Crippen molar-refractivity contribution in [1.29, 1.82) is 0 Å². The van der Waals surface area contributed by atoms with Crippen molar-refractivity contribution < 1.29 is 0 Å². The lowest BCUT2D eigenvalue weighted by Crippen LogP contribution is -2.11. The second kappa shape index (κ2) is 5.82. The first-order chi connectivity index (χ1) is 8.63. The smallest absolute Gasteiger partial charge is 0.210 e. The molecule has 0 fully saturated rings. The number of hydrogen-bond donors (Lipinski definition) is 1. The number of nitrogens with zero attached hydrogens (tertiary/aromatic N) is 3. The average molecular weight is 303 g/mol. The molecule has 0 amide bonds. The molecule has 0 unspecified atom stereocenters. The number of nitrogen functional groups attached to an aromatic ring is 1. The van der Waals surface area contributed by atoms with Gasteiger partial charge >= 0.3 is 0 Å². The van der Waals surface area contributed by atoms with Crippen molar-refractivity contribution in [3.05, 3.63) is 28.2 Å². The second-order valence-corrected chi connectivity index (χ2v) is 5.55. The van der Waals surface area contributed by atoms with Crippen LogP contribution in [0.25, 0.3) is 11.4 Å². The van der Waals surface area contributed by atoms with Gasteiger partial charge in [-0.25, -0.2) is 4.68 Å². The third-order valence-corrected chi connectivity index (χ3v) is 3.97. The highest BCUT2D eigenvalue weighted by molar-refractivity contribution is 7.99. The number of nitrogens with two attached hydrogens (primary N) is 1. The van der Waals surface area contributed by atoms with Gasteiger partial charge in [-0.1, -0.05) is 41.9 Å². The summed E-state index contributed by atoms with van der Waals surface area (Å²) in [5.41, 5.74) is 0.722. The van der Waals surface area contributed by atoms with Crippen LogP contribution in [0, 0.1) is 0 Å². The lowest BCUT2D eigenvalue weighted by Gasteiger charge is -2.05. The summed E-state index contributed by atoms with van der Waals surface area (Å²) in [5.74, 6) is 7.45. The molecule has 18 heavy (non-hydrogen) atoms. The van der Waals surface area contributed by atoms with Crippen molar-refractivity contribution in [2.45, 2.75) is 18.5 Å². The number of rotatable bonds is 4. The Kier molecular flexibility index (Phi) is 4.37. The van der Waals surface area contributed by atoms with Gasteiger partial charge in [0.2, 0.25) is 5.16 Å². The van der Waals surface area contributed by atoms with Gasteiger partial charge in [0.25, 0.3) is 0 Å². The van der Waals surface area contributed by atoms with Crippen LogP contribution >= 0.6 is 35.0 Å². The van der Waals surface area contributed by atoms with Crippen molar-refractivity contribution in [3.63, 3.8) is 0 Å². The molecule has 1 aromatic heterocycles. The van der Waals surface area contributed by atoms with E-state index in [1.54, 1.807) is 30.0 Å². The second-order valence-electron chi connectivity index (χ2n) is 3.65. The van der Waals surface area contributed by atoms with Crippen LogP contribution < -0.4 is 5.84 Å². The highest BCUT2D eigenvalue weighted by Gasteiger charge is 2.14. The molecule has 0 spiro atoms. The first-order valence-electron chi connectivity index (χ1n) is 5.42. The monoisotopic (exact) mass is 302 g/mol. The van der Waals surface area contributed by atoms with Crippen LogP contribution in [0.2, 0.25) is 10.0 Å². The topological polar surface area (TPSA) is 56.7 Å². The van der Waals surface area contributed by atoms with Crippen molar-refractivity contribution in [1.82, 2.24) is 14.9 Å². The first kappa shape index (κ1) is 13.5. The van der Waals surface area contributed by atoms with Crippen molar-refractivity contribution in [2.24, 2.45) is 0 Å². The fourth-order valence-electron chi connectivity index (χ4n) is 1.42. The molecule has 0 saturated heterocycles. The summed E-state index contributed by atoms with van der Waals surface area (Å²) in [7, 11) is 0. The Balaban J connectivity index is 2.36. The lowest BCUT2D eigenvalue weighted by molar-refractivity contribution is 0.848. The van der Waals surface area contributed by atoms with Gasteiger partial charge in [-0.05, 0) is 24.6 Å². The Bertz CT molecular complexity index is 556. The molecular weight excluding hydrogens is 291 g/mol. The summed E-state index contributed by atoms with van der Waals surface area (Å²) >= 11 is 13.5. The molecule has 2 rings (SSSR count). The highest BCUT2D eigenvalue weighted by atomic mass is 35.5. The number of benzene rings is 1. The fraction of sp³-hybridized carbons (Fsp3) is 0.273. The lowest BCUT2D eigenvalue weighted by atomic mass is 10.2. The number of hydrogen-bond acceptors (Lipinski definition) is 4. The van der Waals surface area contributed by atoms with Gasteiger partial charge < -0.3 is 5.84 Å². The van der Waals surface area contributed by atoms with Crippen LogP contribution in [-0.4, -0.2) is 20.6 Å². The quantitative estimate of drug-likeness (QED) is 0.694. The molecule has 0 aliphatic carbocycles. The molecule has 96 valence electrons. The van der Waals surface area contributed by atoms with E-state index in [1.165, 1.54) is 4.68 Å². The van der Waals surface area contributed by atoms with Gasteiger partial charge in [0.05, 0.1) is 5.02 Å². The molecule has 0 radical (unpaired) electrons. The van der Waals surface area contributed by atoms with E-state index in [-0.39, 0.29) is 0 Å². The number of thioether (sulfide) groups is 1. The number of aromatic nitrogens is 3. The van der Waals surface area contributed by atoms with E-state index in [1.807, 2.05) is 0 Å². The zero-order chi connectivity index (χ0) is 13.1. The molecule has 0 aliphatic heterocycles. The number of halogens is 2. The van der Waals surface area contributed by atoms with E-state index in [9.17, 15) is 0 Å². The normalized spacial score (nSPS) is 10.8. The van der Waals surface area contributed by atoms with Gasteiger partial charge in [0, 0.05) is 16.3 Å². The van der Waals surface area contributed by atoms with Gasteiger partial charge in [-0.3, -0.25) is 0 Å². The Hall–Kier alpha value is -0.910. The summed E-state index contributed by atoms with van der Waals surface area (Å²) in [5, 5.41) is 9.88. The van der Waals surface area contributed by atoms with Gasteiger partial charge in [0.15, 0.2) is 5.82 Å². The molecule has 0 bridgehead atoms. The van der Waals surface area contributed by atoms with Crippen LogP contribution in [0.15, 0.2) is 23.4 Å². The van der Waals surface area contributed by atoms with Crippen LogP contribution in [0.5, 0.6) is 0 Å². The van der Waals surface area contributed by atoms with E-state index in [0.29, 0.717) is 21.0 Å². The molecular formula is C11H12Cl2N4S. The van der Waals surface area contributed by atoms with E-state index >= 15 is 0 Å². The van der Waals surface area contributed by atoms with E-state index in [2.05, 4.69) is 17.1 Å². The summed E-state index contributed by atoms with van der Waals surface area (Å²) in [6.07, 6.45) is 1.05. The van der Waals surface area contributed by atoms with Crippen LogP contribution in [0.4, 0.5) is 0 Å². The van der Waals surface area contributed by atoms with Crippen molar-refractivity contribution in [3.8, 4) is 11.4 Å². The largest absolute Gasteiger partial charge is 0.335 e. The van der Waals surface area contributed by atoms with Crippen molar-refractivity contribution >= 4 is 35.0 Å². The molecule has 7 heteroatoms. The minimum Gasteiger partial charge on any atom is -0.335 e. The van der Waals surface area contributed by atoms with Crippen LogP contribution in [0.3, 0.4) is 0 Å². The maximum atomic E-state index is 6.12. The zero-order valence-corrected chi connectivity index (χ0v) is 12.1. The molecule has 0 saturated carbocycles. The molecule has 2 aromatic rings. The standard InChI is InChI=1S/C11H12Cl2N4S/c1-2-5-18-11-16-15-10(17(11)14)8-4-3-7(12)6-9(8)13/h3-4,6H,2,5,14H2,1H3. The van der Waals surface area contributed by atoms with Crippen molar-refractivity contribution in [2.75, 3.05) is 11.6 Å². The van der Waals surface area contributed by atoms with Crippen LogP contribution in [0.1, 0.15) is 13.3 Å². The zero-order valence-electron chi connectivity index (χ0n) is 9.73. The molecule has 0 atom stereocenters. The molecule has 1 aromatic carbocycles. The Labute approximate surface area is 119 Å². The SMILES string of the molecule is CCCSc1nnc(-c2ccc(Cl)cc2Cl)n1N. The average Bonchev–Trinajstić information content (AvgIpc) is 2.68. The molecule has 1 heterocycles. The summed E-state index contributed by atoms with van der Waals surface area (Å²) in [6.45, 7) is 2.10. The predicted molar refractivity (Wildman–Crippen MR) is 76.6 cm³/mol. The Morgan fingerprint density at radius 3 is 2.78 bits per heavy atom.